The highest BCUT2D eigenvalue weighted by Crippen LogP contribution is 2.47. The van der Waals surface area contributed by atoms with Gasteiger partial charge < -0.3 is 14.8 Å². The molecule has 1 aliphatic carbocycles. The summed E-state index contributed by atoms with van der Waals surface area (Å²) in [5.41, 5.74) is 2.34. The maximum Gasteiger partial charge on any atom is 0.268 e. The molecule has 0 saturated heterocycles. The Morgan fingerprint density at radius 1 is 1.07 bits per heavy atom. The lowest BCUT2D eigenvalue weighted by atomic mass is 10.1. The number of nitrogens with zero attached hydrogens (tertiary/aromatic N) is 1. The van der Waals surface area contributed by atoms with E-state index < -0.39 is 5.79 Å². The lowest BCUT2D eigenvalue weighted by Crippen LogP contribution is -2.34. The number of carbonyl (C=O) groups is 1. The first-order chi connectivity index (χ1) is 13.6. The summed E-state index contributed by atoms with van der Waals surface area (Å²) < 4.78 is 12.1. The molecule has 1 N–H and O–H groups in total. The number of hydrogen-bond acceptors (Lipinski definition) is 5. The second-order valence-electron chi connectivity index (χ2n) is 7.21. The zero-order valence-corrected chi connectivity index (χ0v) is 16.3. The smallest absolute Gasteiger partial charge is 0.268 e. The normalized spacial score (nSPS) is 16.5. The van der Waals surface area contributed by atoms with Crippen LogP contribution in [0.5, 0.6) is 11.5 Å². The van der Waals surface area contributed by atoms with Gasteiger partial charge in [0.2, 0.25) is 0 Å². The molecule has 0 radical (unpaired) electrons. The topological polar surface area (TPSA) is 60.5 Å². The first kappa shape index (κ1) is 17.3. The summed E-state index contributed by atoms with van der Waals surface area (Å²) in [5, 5.41) is 3.85. The van der Waals surface area contributed by atoms with Gasteiger partial charge in [-0.05, 0) is 31.9 Å². The van der Waals surface area contributed by atoms with Gasteiger partial charge in [0.15, 0.2) is 11.5 Å². The maximum atomic E-state index is 13.0. The number of carbonyl (C=O) groups excluding carboxylic acids is 1. The monoisotopic (exact) mass is 392 g/mol. The first-order valence-corrected chi connectivity index (χ1v) is 10.3. The number of aryl methyl sites for hydroxylation is 1. The number of aromatic nitrogens is 1. The molecule has 2 heterocycles. The third-order valence-electron chi connectivity index (χ3n) is 5.15. The standard InChI is InChI=1S/C22H20N2O3S/c1-14-23-19(15-7-3-2-4-8-15)20(28-14)21(25)24-16-9-10-17-18(13-16)27-22(26-17)11-5-6-12-22/h2-4,7-10,13H,5-6,11-12H2,1H3,(H,24,25). The average Bonchev–Trinajstić information content (AvgIpc) is 3.40. The number of ether oxygens (including phenoxy) is 2. The lowest BCUT2D eigenvalue weighted by Gasteiger charge is -2.21. The Morgan fingerprint density at radius 3 is 2.61 bits per heavy atom. The third kappa shape index (κ3) is 3.03. The molecule has 142 valence electrons. The van der Waals surface area contributed by atoms with E-state index in [-0.39, 0.29) is 5.91 Å². The van der Waals surface area contributed by atoms with Crippen molar-refractivity contribution in [1.29, 1.82) is 0 Å². The Hall–Kier alpha value is -2.86. The largest absolute Gasteiger partial charge is 0.448 e. The fourth-order valence-corrected chi connectivity index (χ4v) is 4.69. The van der Waals surface area contributed by atoms with Crippen molar-refractivity contribution in [2.75, 3.05) is 5.32 Å². The van der Waals surface area contributed by atoms with Gasteiger partial charge in [0.25, 0.3) is 11.7 Å². The average molecular weight is 392 g/mol. The van der Waals surface area contributed by atoms with Crippen molar-refractivity contribution in [3.8, 4) is 22.8 Å². The van der Waals surface area contributed by atoms with E-state index in [0.29, 0.717) is 22.0 Å². The van der Waals surface area contributed by atoms with Crippen LogP contribution in [0.25, 0.3) is 11.3 Å². The number of rotatable bonds is 3. The van der Waals surface area contributed by atoms with Crippen LogP contribution in [0.3, 0.4) is 0 Å². The summed E-state index contributed by atoms with van der Waals surface area (Å²) in [5.74, 6) is 0.779. The van der Waals surface area contributed by atoms with Crippen molar-refractivity contribution in [1.82, 2.24) is 4.98 Å². The number of nitrogens with one attached hydrogen (secondary N) is 1. The Kier molecular flexibility index (Phi) is 4.09. The summed E-state index contributed by atoms with van der Waals surface area (Å²) in [6.45, 7) is 1.91. The number of hydrogen-bond donors (Lipinski definition) is 1. The molecule has 0 bridgehead atoms. The van der Waals surface area contributed by atoms with E-state index in [4.69, 9.17) is 9.47 Å². The molecule has 1 amide bonds. The maximum absolute atomic E-state index is 13.0. The highest BCUT2D eigenvalue weighted by Gasteiger charge is 2.44. The minimum absolute atomic E-state index is 0.168. The molecule has 1 spiro atoms. The van der Waals surface area contributed by atoms with Gasteiger partial charge in [-0.1, -0.05) is 30.3 Å². The lowest BCUT2D eigenvalue weighted by molar-refractivity contribution is -0.0716. The van der Waals surface area contributed by atoms with Gasteiger partial charge in [0.1, 0.15) is 4.88 Å². The molecule has 6 heteroatoms. The van der Waals surface area contributed by atoms with E-state index in [9.17, 15) is 4.79 Å². The van der Waals surface area contributed by atoms with Gasteiger partial charge in [-0.3, -0.25) is 4.79 Å². The molecule has 1 fully saturated rings. The van der Waals surface area contributed by atoms with Gasteiger partial charge in [0, 0.05) is 30.2 Å². The van der Waals surface area contributed by atoms with E-state index in [1.165, 1.54) is 11.3 Å². The molecule has 2 aliphatic rings. The number of anilines is 1. The predicted molar refractivity (Wildman–Crippen MR) is 109 cm³/mol. The summed E-state index contributed by atoms with van der Waals surface area (Å²) in [4.78, 5) is 18.1. The Labute approximate surface area is 167 Å². The van der Waals surface area contributed by atoms with Gasteiger partial charge in [-0.25, -0.2) is 4.98 Å². The number of benzene rings is 2. The van der Waals surface area contributed by atoms with Crippen LogP contribution in [0.15, 0.2) is 48.5 Å². The Balaban J connectivity index is 1.39. The highest BCUT2D eigenvalue weighted by molar-refractivity contribution is 7.14. The Morgan fingerprint density at radius 2 is 1.82 bits per heavy atom. The molecule has 1 aliphatic heterocycles. The van der Waals surface area contributed by atoms with E-state index in [2.05, 4.69) is 10.3 Å². The van der Waals surface area contributed by atoms with Gasteiger partial charge >= 0.3 is 0 Å². The van der Waals surface area contributed by atoms with E-state index >= 15 is 0 Å². The summed E-state index contributed by atoms with van der Waals surface area (Å²) in [6.07, 6.45) is 4.04. The van der Waals surface area contributed by atoms with Gasteiger partial charge in [-0.15, -0.1) is 11.3 Å². The minimum Gasteiger partial charge on any atom is -0.448 e. The van der Waals surface area contributed by atoms with Crippen LogP contribution in [0.2, 0.25) is 0 Å². The zero-order valence-electron chi connectivity index (χ0n) is 15.5. The fraction of sp³-hybridized carbons (Fsp3) is 0.273. The molecule has 0 unspecified atom stereocenters. The number of thiazole rings is 1. The van der Waals surface area contributed by atoms with Crippen molar-refractivity contribution in [2.24, 2.45) is 0 Å². The fourth-order valence-electron chi connectivity index (χ4n) is 3.85. The van der Waals surface area contributed by atoms with Crippen LogP contribution in [0, 0.1) is 6.92 Å². The summed E-state index contributed by atoms with van der Waals surface area (Å²) in [6, 6.07) is 15.3. The molecular formula is C22H20N2O3S. The Bertz CT molecular complexity index is 1040. The second-order valence-corrected chi connectivity index (χ2v) is 8.42. The van der Waals surface area contributed by atoms with Gasteiger partial charge in [-0.2, -0.15) is 0 Å². The summed E-state index contributed by atoms with van der Waals surface area (Å²) >= 11 is 1.40. The van der Waals surface area contributed by atoms with Crippen LogP contribution < -0.4 is 14.8 Å². The van der Waals surface area contributed by atoms with Crippen LogP contribution in [-0.2, 0) is 0 Å². The molecular weight excluding hydrogens is 372 g/mol. The molecule has 5 nitrogen and oxygen atoms in total. The zero-order chi connectivity index (χ0) is 19.1. The third-order valence-corrected chi connectivity index (χ3v) is 6.12. The van der Waals surface area contributed by atoms with E-state index in [0.717, 1.165) is 42.0 Å². The van der Waals surface area contributed by atoms with Crippen LogP contribution in [0.4, 0.5) is 5.69 Å². The molecule has 3 aromatic rings. The van der Waals surface area contributed by atoms with Crippen molar-refractivity contribution < 1.29 is 14.3 Å². The SMILES string of the molecule is Cc1nc(-c2ccccc2)c(C(=O)Nc2ccc3c(c2)OC2(CCCC2)O3)s1. The molecule has 2 aromatic carbocycles. The minimum atomic E-state index is -0.500. The van der Waals surface area contributed by atoms with Crippen molar-refractivity contribution in [3.05, 3.63) is 58.4 Å². The molecule has 5 rings (SSSR count). The molecule has 1 aromatic heterocycles. The molecule has 0 atom stereocenters. The summed E-state index contributed by atoms with van der Waals surface area (Å²) in [7, 11) is 0. The quantitative estimate of drug-likeness (QED) is 0.647. The van der Waals surface area contributed by atoms with E-state index in [1.807, 2.05) is 55.5 Å². The number of amides is 1. The predicted octanol–water partition coefficient (Wildman–Crippen LogP) is 5.41. The van der Waals surface area contributed by atoms with Crippen molar-refractivity contribution >= 4 is 22.9 Å². The van der Waals surface area contributed by atoms with Crippen molar-refractivity contribution in [2.45, 2.75) is 38.4 Å². The van der Waals surface area contributed by atoms with E-state index in [1.54, 1.807) is 0 Å². The van der Waals surface area contributed by atoms with Crippen LogP contribution in [0.1, 0.15) is 40.4 Å². The first-order valence-electron chi connectivity index (χ1n) is 9.48. The van der Waals surface area contributed by atoms with Crippen molar-refractivity contribution in [3.63, 3.8) is 0 Å². The highest BCUT2D eigenvalue weighted by atomic mass is 32.1. The molecule has 28 heavy (non-hydrogen) atoms. The van der Waals surface area contributed by atoms with Crippen LogP contribution in [-0.4, -0.2) is 16.7 Å². The second kappa shape index (κ2) is 6.63. The van der Waals surface area contributed by atoms with Crippen LogP contribution >= 0.6 is 11.3 Å². The molecule has 1 saturated carbocycles. The van der Waals surface area contributed by atoms with Gasteiger partial charge in [0.05, 0.1) is 10.7 Å². The number of fused-ring (bicyclic) bond motifs is 1.